The lowest BCUT2D eigenvalue weighted by Crippen LogP contribution is -2.34. The highest BCUT2D eigenvalue weighted by molar-refractivity contribution is 6.00. The van der Waals surface area contributed by atoms with Crippen molar-refractivity contribution in [1.82, 2.24) is 4.90 Å². The van der Waals surface area contributed by atoms with Crippen molar-refractivity contribution in [2.24, 2.45) is 0 Å². The minimum atomic E-state index is -4.78. The highest BCUT2D eigenvalue weighted by Gasteiger charge is 2.39. The average Bonchev–Trinajstić information content (AvgIpc) is 3.21. The molecule has 9 heteroatoms. The molecule has 1 amide bonds. The van der Waals surface area contributed by atoms with Gasteiger partial charge in [-0.3, -0.25) is 10.2 Å². The van der Waals surface area contributed by atoms with Gasteiger partial charge in [0.2, 0.25) is 0 Å². The number of hydrogen-bond donors (Lipinski definition) is 2. The van der Waals surface area contributed by atoms with E-state index in [4.69, 9.17) is 20.0 Å². The van der Waals surface area contributed by atoms with Crippen molar-refractivity contribution in [3.63, 3.8) is 0 Å². The molecule has 0 aromatic heterocycles. The average molecular weight is 430 g/mol. The highest BCUT2D eigenvalue weighted by atomic mass is 19.4. The molecule has 1 aliphatic heterocycles. The van der Waals surface area contributed by atoms with Crippen LogP contribution in [0.5, 0.6) is 5.75 Å². The number of halogens is 3. The van der Waals surface area contributed by atoms with Gasteiger partial charge < -0.3 is 19.5 Å². The second-order valence-electron chi connectivity index (χ2n) is 6.31. The van der Waals surface area contributed by atoms with E-state index in [2.05, 4.69) is 0 Å². The Bertz CT molecular complexity index is 718. The van der Waals surface area contributed by atoms with E-state index < -0.39 is 23.8 Å². The van der Waals surface area contributed by atoms with E-state index in [0.29, 0.717) is 25.1 Å². The number of nitrogens with zero attached hydrogens (tertiary/aromatic N) is 1. The van der Waals surface area contributed by atoms with Gasteiger partial charge in [-0.15, -0.1) is 0 Å². The summed E-state index contributed by atoms with van der Waals surface area (Å²) in [6.45, 7) is 5.84. The number of aliphatic hydroxyl groups is 1. The fourth-order valence-corrected chi connectivity index (χ4v) is 2.69. The number of nitrogens with one attached hydrogen (secondary N) is 1. The maximum Gasteiger partial charge on any atom is 0.436 e. The molecule has 1 atom stereocenters. The zero-order chi connectivity index (χ0) is 22.7. The van der Waals surface area contributed by atoms with Crippen LogP contribution in [0.3, 0.4) is 0 Å². The van der Waals surface area contributed by atoms with Gasteiger partial charge in [0, 0.05) is 13.0 Å². The van der Waals surface area contributed by atoms with Gasteiger partial charge in [0.1, 0.15) is 17.6 Å². The molecule has 1 fully saturated rings. The summed E-state index contributed by atoms with van der Waals surface area (Å²) in [5.41, 5.74) is -0.799. The van der Waals surface area contributed by atoms with E-state index in [1.165, 1.54) is 11.0 Å². The normalized spacial score (nSPS) is 16.6. The van der Waals surface area contributed by atoms with Gasteiger partial charge in [-0.2, -0.15) is 13.2 Å². The molecular formula is C21H29F3N2O4. The number of ether oxygens (including phenoxy) is 2. The Morgan fingerprint density at radius 2 is 1.93 bits per heavy atom. The van der Waals surface area contributed by atoms with Crippen LogP contribution in [-0.4, -0.2) is 53.6 Å². The zero-order valence-corrected chi connectivity index (χ0v) is 17.5. The van der Waals surface area contributed by atoms with Crippen molar-refractivity contribution in [2.45, 2.75) is 52.5 Å². The SMILES string of the molecule is CC.CC/C=C(/OC1CCN(C(=O)COc2ccc(CO)cc2)C1)C(=N)C(F)(F)F. The fourth-order valence-electron chi connectivity index (χ4n) is 2.69. The predicted molar refractivity (Wildman–Crippen MR) is 107 cm³/mol. The van der Waals surface area contributed by atoms with Crippen LogP contribution in [0.2, 0.25) is 0 Å². The molecule has 0 aliphatic carbocycles. The van der Waals surface area contributed by atoms with E-state index in [-0.39, 0.29) is 25.7 Å². The number of amides is 1. The maximum absolute atomic E-state index is 12.8. The lowest BCUT2D eigenvalue weighted by molar-refractivity contribution is -0.132. The Labute approximate surface area is 174 Å². The molecule has 2 N–H and O–H groups in total. The summed E-state index contributed by atoms with van der Waals surface area (Å²) in [5.74, 6) is -0.330. The van der Waals surface area contributed by atoms with Gasteiger partial charge in [0.15, 0.2) is 12.3 Å². The molecule has 0 saturated carbocycles. The van der Waals surface area contributed by atoms with Crippen LogP contribution in [0.15, 0.2) is 36.1 Å². The quantitative estimate of drug-likeness (QED) is 0.481. The predicted octanol–water partition coefficient (Wildman–Crippen LogP) is 4.08. The van der Waals surface area contributed by atoms with Crippen LogP contribution >= 0.6 is 0 Å². The first-order valence-electron chi connectivity index (χ1n) is 9.87. The van der Waals surface area contributed by atoms with Crippen molar-refractivity contribution in [2.75, 3.05) is 19.7 Å². The first-order valence-corrected chi connectivity index (χ1v) is 9.87. The molecule has 1 aromatic carbocycles. The number of benzene rings is 1. The molecular weight excluding hydrogens is 401 g/mol. The first kappa shape index (κ1) is 25.5. The highest BCUT2D eigenvalue weighted by Crippen LogP contribution is 2.25. The second kappa shape index (κ2) is 12.2. The van der Waals surface area contributed by atoms with Crippen LogP contribution in [0.25, 0.3) is 0 Å². The first-order chi connectivity index (χ1) is 14.2. The van der Waals surface area contributed by atoms with E-state index >= 15 is 0 Å². The number of hydrogen-bond acceptors (Lipinski definition) is 5. The van der Waals surface area contributed by atoms with Gasteiger partial charge in [0.25, 0.3) is 5.91 Å². The van der Waals surface area contributed by atoms with Gasteiger partial charge in [0.05, 0.1) is 13.2 Å². The van der Waals surface area contributed by atoms with E-state index in [0.717, 1.165) is 5.56 Å². The topological polar surface area (TPSA) is 82.8 Å². The van der Waals surface area contributed by atoms with Crippen LogP contribution in [0, 0.1) is 5.41 Å². The third-order valence-electron chi connectivity index (χ3n) is 4.18. The number of allylic oxidation sites excluding steroid dienone is 2. The fraction of sp³-hybridized carbons (Fsp3) is 0.524. The van der Waals surface area contributed by atoms with Gasteiger partial charge in [-0.05, 0) is 30.2 Å². The summed E-state index contributed by atoms with van der Waals surface area (Å²) >= 11 is 0. The zero-order valence-electron chi connectivity index (χ0n) is 17.5. The summed E-state index contributed by atoms with van der Waals surface area (Å²) < 4.78 is 49.1. The number of carbonyl (C=O) groups excluding carboxylic acids is 1. The summed E-state index contributed by atoms with van der Waals surface area (Å²) in [6.07, 6.45) is -3.49. The standard InChI is InChI=1S/C19H23F3N2O4.C2H6/c1-2-3-16(18(23)19(20,21)22)28-15-8-9-24(10-15)17(26)12-27-14-6-4-13(11-25)5-7-14;1-2/h3-7,15,23,25H,2,8-12H2,1H3;1-2H3/b16-3+,23-18?;. The van der Waals surface area contributed by atoms with E-state index in [1.54, 1.807) is 31.2 Å². The van der Waals surface area contributed by atoms with Crippen molar-refractivity contribution in [1.29, 1.82) is 5.41 Å². The van der Waals surface area contributed by atoms with Crippen molar-refractivity contribution in [3.8, 4) is 5.75 Å². The summed E-state index contributed by atoms with van der Waals surface area (Å²) in [6, 6.07) is 6.63. The van der Waals surface area contributed by atoms with Crippen LogP contribution in [0.1, 0.15) is 39.2 Å². The Morgan fingerprint density at radius 1 is 1.30 bits per heavy atom. The minimum Gasteiger partial charge on any atom is -0.487 e. The molecule has 0 bridgehead atoms. The Balaban J connectivity index is 0.00000218. The molecule has 1 aromatic rings. The molecule has 0 radical (unpaired) electrons. The molecule has 30 heavy (non-hydrogen) atoms. The third kappa shape index (κ3) is 7.70. The largest absolute Gasteiger partial charge is 0.487 e. The molecule has 2 rings (SSSR count). The molecule has 1 unspecified atom stereocenters. The smallest absolute Gasteiger partial charge is 0.436 e. The number of carbonyl (C=O) groups is 1. The summed E-state index contributed by atoms with van der Waals surface area (Å²) in [4.78, 5) is 13.7. The molecule has 1 heterocycles. The summed E-state index contributed by atoms with van der Waals surface area (Å²) in [7, 11) is 0. The number of likely N-dealkylation sites (tertiary alicyclic amines) is 1. The minimum absolute atomic E-state index is 0.0886. The van der Waals surface area contributed by atoms with E-state index in [1.807, 2.05) is 13.8 Å². The Kier molecular flexibility index (Phi) is 10.4. The van der Waals surface area contributed by atoms with Crippen LogP contribution in [0.4, 0.5) is 13.2 Å². The second-order valence-corrected chi connectivity index (χ2v) is 6.31. The molecule has 1 saturated heterocycles. The molecule has 1 aliphatic rings. The monoisotopic (exact) mass is 430 g/mol. The van der Waals surface area contributed by atoms with Gasteiger partial charge in [-0.25, -0.2) is 0 Å². The maximum atomic E-state index is 12.8. The number of alkyl halides is 3. The lowest BCUT2D eigenvalue weighted by Gasteiger charge is -2.20. The van der Waals surface area contributed by atoms with Crippen molar-refractivity contribution < 1.29 is 32.5 Å². The van der Waals surface area contributed by atoms with Gasteiger partial charge in [-0.1, -0.05) is 32.9 Å². The third-order valence-corrected chi connectivity index (χ3v) is 4.18. The van der Waals surface area contributed by atoms with Crippen molar-refractivity contribution in [3.05, 3.63) is 41.7 Å². The molecule has 0 spiro atoms. The van der Waals surface area contributed by atoms with Crippen LogP contribution in [-0.2, 0) is 16.1 Å². The van der Waals surface area contributed by atoms with Gasteiger partial charge >= 0.3 is 6.18 Å². The molecule has 6 nitrogen and oxygen atoms in total. The Morgan fingerprint density at radius 3 is 2.47 bits per heavy atom. The molecule has 168 valence electrons. The van der Waals surface area contributed by atoms with Crippen LogP contribution < -0.4 is 4.74 Å². The van der Waals surface area contributed by atoms with E-state index in [9.17, 15) is 18.0 Å². The summed E-state index contributed by atoms with van der Waals surface area (Å²) in [5, 5.41) is 16.3. The van der Waals surface area contributed by atoms with Crippen molar-refractivity contribution >= 4 is 11.6 Å². The number of rotatable bonds is 8. The Hall–Kier alpha value is -2.55. The lowest BCUT2D eigenvalue weighted by atomic mass is 10.2. The number of aliphatic hydroxyl groups excluding tert-OH is 1.